The van der Waals surface area contributed by atoms with Crippen LogP contribution in [0, 0.1) is 13.8 Å². The van der Waals surface area contributed by atoms with Crippen LogP contribution < -0.4 is 5.32 Å². The minimum atomic E-state index is -0.335. The van der Waals surface area contributed by atoms with Crippen molar-refractivity contribution in [1.82, 2.24) is 19.8 Å². The largest absolute Gasteiger partial charge is 0.465 e. The topological polar surface area (TPSA) is 59.4 Å². The summed E-state index contributed by atoms with van der Waals surface area (Å²) in [6.07, 6.45) is 4.00. The number of benzene rings is 1. The Morgan fingerprint density at radius 3 is 2.58 bits per heavy atom. The first-order valence-corrected chi connectivity index (χ1v) is 11.7. The molecule has 0 aliphatic carbocycles. The van der Waals surface area contributed by atoms with E-state index in [9.17, 15) is 4.79 Å². The van der Waals surface area contributed by atoms with E-state index in [1.54, 1.807) is 12.1 Å². The number of aromatic nitrogens is 2. The van der Waals surface area contributed by atoms with Crippen LogP contribution in [0.15, 0.2) is 54.7 Å². The Morgan fingerprint density at radius 2 is 1.94 bits per heavy atom. The second-order valence-electron chi connectivity index (χ2n) is 8.37. The predicted molar refractivity (Wildman–Crippen MR) is 134 cm³/mol. The van der Waals surface area contributed by atoms with Gasteiger partial charge in [-0.15, -0.1) is 0 Å². The van der Waals surface area contributed by atoms with E-state index in [-0.39, 0.29) is 18.1 Å². The highest BCUT2D eigenvalue weighted by Crippen LogP contribution is 2.41. The summed E-state index contributed by atoms with van der Waals surface area (Å²) >= 11 is 5.77. The van der Waals surface area contributed by atoms with Crippen molar-refractivity contribution in [1.29, 1.82) is 0 Å². The number of thiocarbonyl (C=S) groups is 1. The molecule has 3 heterocycles. The summed E-state index contributed by atoms with van der Waals surface area (Å²) in [5.74, 6) is -0.335. The fourth-order valence-corrected chi connectivity index (χ4v) is 4.99. The zero-order valence-corrected chi connectivity index (χ0v) is 20.4. The van der Waals surface area contributed by atoms with E-state index >= 15 is 0 Å². The van der Waals surface area contributed by atoms with Gasteiger partial charge in [-0.1, -0.05) is 19.4 Å². The summed E-state index contributed by atoms with van der Waals surface area (Å²) in [7, 11) is 1.39. The molecule has 0 spiro atoms. The lowest BCUT2D eigenvalue weighted by Crippen LogP contribution is -2.30. The highest BCUT2D eigenvalue weighted by atomic mass is 32.1. The van der Waals surface area contributed by atoms with E-state index in [1.807, 2.05) is 30.5 Å². The maximum Gasteiger partial charge on any atom is 0.337 e. The Kier molecular flexibility index (Phi) is 6.79. The zero-order valence-electron chi connectivity index (χ0n) is 19.5. The number of unbranched alkanes of at least 4 members (excludes halogenated alkanes) is 1. The molecule has 1 saturated heterocycles. The van der Waals surface area contributed by atoms with Crippen LogP contribution in [0.25, 0.3) is 5.69 Å². The van der Waals surface area contributed by atoms with Crippen LogP contribution in [0.5, 0.6) is 0 Å². The van der Waals surface area contributed by atoms with Gasteiger partial charge in [-0.05, 0) is 80.5 Å². The van der Waals surface area contributed by atoms with Crippen molar-refractivity contribution in [3.8, 4) is 5.69 Å². The Hall–Kier alpha value is -3.19. The van der Waals surface area contributed by atoms with Crippen LogP contribution in [0.4, 0.5) is 0 Å². The Morgan fingerprint density at radius 1 is 1.18 bits per heavy atom. The summed E-state index contributed by atoms with van der Waals surface area (Å²) in [5.41, 5.74) is 6.03. The molecular weight excluding hydrogens is 432 g/mol. The lowest BCUT2D eigenvalue weighted by molar-refractivity contribution is 0.0600. The van der Waals surface area contributed by atoms with Crippen LogP contribution >= 0.6 is 12.2 Å². The summed E-state index contributed by atoms with van der Waals surface area (Å²) < 4.78 is 7.06. The van der Waals surface area contributed by atoms with E-state index in [2.05, 4.69) is 52.7 Å². The molecule has 0 amide bonds. The van der Waals surface area contributed by atoms with Crippen molar-refractivity contribution >= 4 is 23.3 Å². The maximum atomic E-state index is 11.8. The first-order chi connectivity index (χ1) is 16.0. The number of methoxy groups -OCH3 is 1. The first kappa shape index (κ1) is 23.0. The van der Waals surface area contributed by atoms with Crippen LogP contribution in [0.2, 0.25) is 0 Å². The van der Waals surface area contributed by atoms with Gasteiger partial charge in [0.25, 0.3) is 0 Å². The molecule has 0 radical (unpaired) electrons. The third kappa shape index (κ3) is 4.37. The van der Waals surface area contributed by atoms with Crippen molar-refractivity contribution in [2.75, 3.05) is 13.7 Å². The van der Waals surface area contributed by atoms with Crippen LogP contribution in [0.3, 0.4) is 0 Å². The molecule has 2 aromatic heterocycles. The first-order valence-electron chi connectivity index (χ1n) is 11.3. The molecule has 172 valence electrons. The van der Waals surface area contributed by atoms with Gasteiger partial charge in [-0.25, -0.2) is 4.79 Å². The molecule has 3 aromatic rings. The van der Waals surface area contributed by atoms with Gasteiger partial charge >= 0.3 is 5.97 Å². The van der Waals surface area contributed by atoms with Gasteiger partial charge in [0.2, 0.25) is 0 Å². The zero-order chi connectivity index (χ0) is 23.5. The second kappa shape index (κ2) is 9.75. The smallest absolute Gasteiger partial charge is 0.337 e. The van der Waals surface area contributed by atoms with Crippen LogP contribution in [-0.4, -0.2) is 39.2 Å². The van der Waals surface area contributed by atoms with Gasteiger partial charge in [-0.3, -0.25) is 4.98 Å². The summed E-state index contributed by atoms with van der Waals surface area (Å²) in [5, 5.41) is 4.31. The second-order valence-corrected chi connectivity index (χ2v) is 8.76. The Labute approximate surface area is 200 Å². The highest BCUT2D eigenvalue weighted by Gasteiger charge is 2.41. The van der Waals surface area contributed by atoms with Crippen molar-refractivity contribution in [3.63, 3.8) is 0 Å². The fraction of sp³-hybridized carbons (Fsp3) is 0.346. The number of carbonyl (C=O) groups is 1. The van der Waals surface area contributed by atoms with Crippen molar-refractivity contribution < 1.29 is 9.53 Å². The van der Waals surface area contributed by atoms with Gasteiger partial charge in [0.15, 0.2) is 5.11 Å². The number of pyridine rings is 1. The van der Waals surface area contributed by atoms with E-state index in [1.165, 1.54) is 12.7 Å². The molecule has 0 unspecified atom stereocenters. The molecule has 1 N–H and O–H groups in total. The maximum absolute atomic E-state index is 11.8. The number of carbonyl (C=O) groups excluding carboxylic acids is 1. The molecule has 4 rings (SSSR count). The monoisotopic (exact) mass is 462 g/mol. The van der Waals surface area contributed by atoms with Crippen molar-refractivity contribution in [2.45, 2.75) is 45.7 Å². The van der Waals surface area contributed by atoms with E-state index < -0.39 is 0 Å². The molecule has 7 heteroatoms. The van der Waals surface area contributed by atoms with E-state index in [0.717, 1.165) is 47.3 Å². The Bertz CT molecular complexity index is 1140. The summed E-state index contributed by atoms with van der Waals surface area (Å²) in [6, 6.07) is 15.8. The molecule has 2 atom stereocenters. The van der Waals surface area contributed by atoms with Gasteiger partial charge < -0.3 is 19.5 Å². The van der Waals surface area contributed by atoms with Crippen molar-refractivity contribution in [2.24, 2.45) is 0 Å². The molecule has 0 saturated carbocycles. The van der Waals surface area contributed by atoms with E-state index in [0.29, 0.717) is 5.56 Å². The van der Waals surface area contributed by atoms with Crippen LogP contribution in [0.1, 0.15) is 64.9 Å². The van der Waals surface area contributed by atoms with E-state index in [4.69, 9.17) is 17.0 Å². The standard InChI is InChI=1S/C26H30N4O2S/c1-5-6-15-29-24(23(28-26(29)33)22-9-7-8-14-27-22)21-16-17(2)30(18(21)3)20-12-10-19(11-13-20)25(31)32-4/h7-14,16,23-24H,5-6,15H2,1-4H3,(H,28,33)/t23-,24+/m0/s1. The van der Waals surface area contributed by atoms with Gasteiger partial charge in [0, 0.05) is 29.8 Å². The van der Waals surface area contributed by atoms with Gasteiger partial charge in [-0.2, -0.15) is 0 Å². The third-order valence-electron chi connectivity index (χ3n) is 6.29. The number of ether oxygens (including phenoxy) is 1. The molecule has 1 aromatic carbocycles. The quantitative estimate of drug-likeness (QED) is 0.392. The predicted octanol–water partition coefficient (Wildman–Crippen LogP) is 5.05. The van der Waals surface area contributed by atoms with Gasteiger partial charge in [0.1, 0.15) is 0 Å². The normalized spacial score (nSPS) is 17.8. The van der Waals surface area contributed by atoms with Crippen LogP contribution in [-0.2, 0) is 4.74 Å². The average Bonchev–Trinajstić information content (AvgIpc) is 3.32. The number of esters is 1. The minimum absolute atomic E-state index is 0.0220. The number of hydrogen-bond acceptors (Lipinski definition) is 4. The van der Waals surface area contributed by atoms with Gasteiger partial charge in [0.05, 0.1) is 30.5 Å². The SMILES string of the molecule is CCCCN1C(=S)N[C@@H](c2ccccn2)[C@H]1c1cc(C)n(-c2ccc(C(=O)OC)cc2)c1C. The number of rotatable bonds is 7. The summed E-state index contributed by atoms with van der Waals surface area (Å²) in [4.78, 5) is 18.8. The average molecular weight is 463 g/mol. The molecule has 0 bridgehead atoms. The number of hydrogen-bond donors (Lipinski definition) is 1. The molecular formula is C26H30N4O2S. The van der Waals surface area contributed by atoms with Crippen molar-refractivity contribution in [3.05, 3.63) is 82.9 Å². The minimum Gasteiger partial charge on any atom is -0.465 e. The number of aryl methyl sites for hydroxylation is 1. The Balaban J connectivity index is 1.77. The summed E-state index contributed by atoms with van der Waals surface area (Å²) in [6.45, 7) is 7.35. The number of nitrogens with zero attached hydrogens (tertiary/aromatic N) is 3. The highest BCUT2D eigenvalue weighted by molar-refractivity contribution is 7.80. The lowest BCUT2D eigenvalue weighted by atomic mass is 9.96. The molecule has 1 fully saturated rings. The number of nitrogens with one attached hydrogen (secondary N) is 1. The molecule has 33 heavy (non-hydrogen) atoms. The molecule has 1 aliphatic heterocycles. The lowest BCUT2D eigenvalue weighted by Gasteiger charge is -2.28. The third-order valence-corrected chi connectivity index (χ3v) is 6.64. The fourth-order valence-electron chi connectivity index (χ4n) is 4.66. The molecule has 1 aliphatic rings. The molecule has 6 nitrogen and oxygen atoms in total.